The van der Waals surface area contributed by atoms with Gasteiger partial charge in [-0.3, -0.25) is 4.79 Å². The van der Waals surface area contributed by atoms with Crippen LogP contribution < -0.4 is 0 Å². The fourth-order valence-electron chi connectivity index (χ4n) is 2.52. The van der Waals surface area contributed by atoms with Crippen molar-refractivity contribution in [1.82, 2.24) is 0 Å². The van der Waals surface area contributed by atoms with Crippen LogP contribution >= 0.6 is 0 Å². The van der Waals surface area contributed by atoms with Crippen LogP contribution in [0.15, 0.2) is 46.9 Å². The van der Waals surface area contributed by atoms with Crippen molar-refractivity contribution in [1.29, 1.82) is 0 Å². The number of benzene rings is 2. The molecule has 4 heteroatoms. The molecule has 3 aromatic rings. The molecule has 2 aromatic carbocycles. The molecule has 0 aliphatic heterocycles. The highest BCUT2D eigenvalue weighted by Gasteiger charge is 2.21. The highest BCUT2D eigenvalue weighted by atomic mass is 16.7. The van der Waals surface area contributed by atoms with Gasteiger partial charge in [0.2, 0.25) is 12.1 Å². The molecule has 0 aliphatic rings. The molecule has 1 heterocycles. The molecular weight excluding hydrogens is 280 g/mol. The first-order chi connectivity index (χ1) is 10.7. The summed E-state index contributed by atoms with van der Waals surface area (Å²) in [6.45, 7) is 4.51. The van der Waals surface area contributed by atoms with E-state index in [1.165, 1.54) is 0 Å². The van der Waals surface area contributed by atoms with Crippen molar-refractivity contribution in [3.63, 3.8) is 0 Å². The Hall–Kier alpha value is -2.17. The molecule has 0 atom stereocenters. The molecule has 0 saturated heterocycles. The van der Waals surface area contributed by atoms with Gasteiger partial charge >= 0.3 is 0 Å². The van der Waals surface area contributed by atoms with Crippen molar-refractivity contribution in [2.45, 2.75) is 20.1 Å². The van der Waals surface area contributed by atoms with Gasteiger partial charge in [0.15, 0.2) is 0 Å². The molecule has 0 bridgehead atoms. The third kappa shape index (κ3) is 2.63. The van der Waals surface area contributed by atoms with E-state index in [1.807, 2.05) is 44.2 Å². The second-order valence-electron chi connectivity index (χ2n) is 4.92. The first kappa shape index (κ1) is 14.8. The molecule has 0 aliphatic carbocycles. The van der Waals surface area contributed by atoms with Crippen LogP contribution in [0, 0.1) is 0 Å². The zero-order valence-corrected chi connectivity index (χ0v) is 12.7. The van der Waals surface area contributed by atoms with Crippen molar-refractivity contribution in [3.05, 3.63) is 48.0 Å². The summed E-state index contributed by atoms with van der Waals surface area (Å²) in [7, 11) is 0. The third-order valence-electron chi connectivity index (χ3n) is 3.51. The summed E-state index contributed by atoms with van der Waals surface area (Å²) >= 11 is 0. The molecule has 1 aromatic heterocycles. The van der Waals surface area contributed by atoms with Crippen LogP contribution in [0.5, 0.6) is 0 Å². The number of ketones is 1. The minimum atomic E-state index is -0.864. The maximum Gasteiger partial charge on any atom is 0.222 e. The van der Waals surface area contributed by atoms with Gasteiger partial charge in [-0.2, -0.15) is 0 Å². The first-order valence-corrected chi connectivity index (χ1v) is 7.43. The van der Waals surface area contributed by atoms with E-state index >= 15 is 0 Å². The summed E-state index contributed by atoms with van der Waals surface area (Å²) in [6, 6.07) is 13.3. The minimum absolute atomic E-state index is 0.189. The molecule has 0 amide bonds. The highest BCUT2D eigenvalue weighted by molar-refractivity contribution is 6.08. The predicted molar refractivity (Wildman–Crippen MR) is 85.1 cm³/mol. The quantitative estimate of drug-likeness (QED) is 0.506. The van der Waals surface area contributed by atoms with Crippen LogP contribution in [0.2, 0.25) is 0 Å². The van der Waals surface area contributed by atoms with Crippen molar-refractivity contribution >= 4 is 27.7 Å². The topological polar surface area (TPSA) is 48.7 Å². The lowest BCUT2D eigenvalue weighted by Crippen LogP contribution is -2.27. The fourth-order valence-corrected chi connectivity index (χ4v) is 2.52. The zero-order chi connectivity index (χ0) is 15.5. The van der Waals surface area contributed by atoms with Crippen molar-refractivity contribution < 1.29 is 18.7 Å². The first-order valence-electron chi connectivity index (χ1n) is 7.43. The molecule has 0 saturated carbocycles. The van der Waals surface area contributed by atoms with E-state index in [-0.39, 0.29) is 5.78 Å². The van der Waals surface area contributed by atoms with Crippen LogP contribution in [0.3, 0.4) is 0 Å². The average Bonchev–Trinajstić information content (AvgIpc) is 2.91. The fraction of sp³-hybridized carbons (Fsp3) is 0.278. The molecular formula is C18H18O4. The maximum atomic E-state index is 12.5. The standard InChI is InChI=1S/C18H18O4/c1-3-20-18(21-4-2)17(19)12-9-10-14-13-7-5-6-8-15(13)22-16(14)11-12/h5-11,18H,3-4H2,1-2H3. The van der Waals surface area contributed by atoms with Gasteiger partial charge in [-0.1, -0.05) is 24.3 Å². The SMILES string of the molecule is CCOC(OCC)C(=O)c1ccc2c(c1)oc1ccccc12. The predicted octanol–water partition coefficient (Wildman–Crippen LogP) is 4.17. The van der Waals surface area contributed by atoms with E-state index in [0.29, 0.717) is 24.4 Å². The largest absolute Gasteiger partial charge is 0.456 e. The van der Waals surface area contributed by atoms with Gasteiger partial charge in [0.25, 0.3) is 0 Å². The number of para-hydroxylation sites is 1. The Morgan fingerprint density at radius 3 is 2.41 bits per heavy atom. The van der Waals surface area contributed by atoms with Gasteiger partial charge in [0, 0.05) is 29.5 Å². The number of Topliss-reactive ketones (excluding diaryl/α,β-unsaturated/α-hetero) is 1. The number of ether oxygens (including phenoxy) is 2. The van der Waals surface area contributed by atoms with Gasteiger partial charge in [-0.15, -0.1) is 0 Å². The lowest BCUT2D eigenvalue weighted by atomic mass is 10.1. The Balaban J connectivity index is 2.00. The molecule has 22 heavy (non-hydrogen) atoms. The second kappa shape index (κ2) is 6.30. The Bertz CT molecular complexity index is 797. The summed E-state index contributed by atoms with van der Waals surface area (Å²) in [4.78, 5) is 12.5. The Morgan fingerprint density at radius 2 is 1.68 bits per heavy atom. The van der Waals surface area contributed by atoms with Crippen LogP contribution in [0.25, 0.3) is 21.9 Å². The monoisotopic (exact) mass is 298 g/mol. The van der Waals surface area contributed by atoms with Crippen LogP contribution in [0.1, 0.15) is 24.2 Å². The van der Waals surface area contributed by atoms with E-state index < -0.39 is 6.29 Å². The van der Waals surface area contributed by atoms with E-state index in [2.05, 4.69) is 0 Å². The van der Waals surface area contributed by atoms with Gasteiger partial charge in [-0.05, 0) is 32.0 Å². The molecule has 0 fully saturated rings. The number of furan rings is 1. The molecule has 114 valence electrons. The highest BCUT2D eigenvalue weighted by Crippen LogP contribution is 2.29. The van der Waals surface area contributed by atoms with Gasteiger partial charge in [-0.25, -0.2) is 0 Å². The summed E-state index contributed by atoms with van der Waals surface area (Å²) < 4.78 is 16.5. The number of hydrogen-bond donors (Lipinski definition) is 0. The summed E-state index contributed by atoms with van der Waals surface area (Å²) in [6.07, 6.45) is -0.864. The van der Waals surface area contributed by atoms with E-state index in [0.717, 1.165) is 16.4 Å². The van der Waals surface area contributed by atoms with Crippen LogP contribution in [0.4, 0.5) is 0 Å². The summed E-state index contributed by atoms with van der Waals surface area (Å²) in [5, 5.41) is 2.04. The van der Waals surface area contributed by atoms with Crippen molar-refractivity contribution in [2.24, 2.45) is 0 Å². The van der Waals surface area contributed by atoms with Gasteiger partial charge < -0.3 is 13.9 Å². The normalized spacial score (nSPS) is 11.6. The molecule has 0 radical (unpaired) electrons. The van der Waals surface area contributed by atoms with Gasteiger partial charge in [0.1, 0.15) is 11.2 Å². The second-order valence-corrected chi connectivity index (χ2v) is 4.92. The minimum Gasteiger partial charge on any atom is -0.456 e. The smallest absolute Gasteiger partial charge is 0.222 e. The Morgan fingerprint density at radius 1 is 1.00 bits per heavy atom. The Labute approximate surface area is 128 Å². The molecule has 0 unspecified atom stereocenters. The van der Waals surface area contributed by atoms with Crippen molar-refractivity contribution in [3.8, 4) is 0 Å². The van der Waals surface area contributed by atoms with Crippen LogP contribution in [-0.4, -0.2) is 25.3 Å². The number of carbonyl (C=O) groups is 1. The van der Waals surface area contributed by atoms with E-state index in [1.54, 1.807) is 12.1 Å². The van der Waals surface area contributed by atoms with Crippen molar-refractivity contribution in [2.75, 3.05) is 13.2 Å². The average molecular weight is 298 g/mol. The summed E-state index contributed by atoms with van der Waals surface area (Å²) in [5.41, 5.74) is 2.03. The number of hydrogen-bond acceptors (Lipinski definition) is 4. The lowest BCUT2D eigenvalue weighted by Gasteiger charge is -2.15. The van der Waals surface area contributed by atoms with E-state index in [9.17, 15) is 4.79 Å². The van der Waals surface area contributed by atoms with Crippen LogP contribution in [-0.2, 0) is 9.47 Å². The molecule has 4 nitrogen and oxygen atoms in total. The zero-order valence-electron chi connectivity index (χ0n) is 12.7. The number of fused-ring (bicyclic) bond motifs is 3. The lowest BCUT2D eigenvalue weighted by molar-refractivity contribution is -0.107. The summed E-state index contributed by atoms with van der Waals surface area (Å²) in [5.74, 6) is -0.189. The molecule has 0 spiro atoms. The number of rotatable bonds is 6. The van der Waals surface area contributed by atoms with Gasteiger partial charge in [0.05, 0.1) is 0 Å². The maximum absolute atomic E-state index is 12.5. The van der Waals surface area contributed by atoms with E-state index in [4.69, 9.17) is 13.9 Å². The molecule has 3 rings (SSSR count). The number of carbonyl (C=O) groups excluding carboxylic acids is 1. The third-order valence-corrected chi connectivity index (χ3v) is 3.51. The Kier molecular flexibility index (Phi) is 4.22. The molecule has 0 N–H and O–H groups in total.